The summed E-state index contributed by atoms with van der Waals surface area (Å²) in [6.45, 7) is 40.8. The van der Waals surface area contributed by atoms with Gasteiger partial charge >= 0.3 is 0 Å². The number of benzene rings is 2. The highest BCUT2D eigenvalue weighted by atomic mass is 28.4. The Bertz CT molecular complexity index is 1410. The monoisotopic (exact) mass is 775 g/mol. The van der Waals surface area contributed by atoms with Crippen LogP contribution < -0.4 is 10.4 Å². The van der Waals surface area contributed by atoms with Gasteiger partial charge in [0.25, 0.3) is 8.32 Å². The van der Waals surface area contributed by atoms with Gasteiger partial charge in [0, 0.05) is 18.6 Å². The Morgan fingerprint density at radius 1 is 0.774 bits per heavy atom. The molecule has 53 heavy (non-hydrogen) atoms. The van der Waals surface area contributed by atoms with Crippen LogP contribution in [0.1, 0.15) is 129 Å². The van der Waals surface area contributed by atoms with Gasteiger partial charge in [-0.25, -0.2) is 0 Å². The van der Waals surface area contributed by atoms with Crippen molar-refractivity contribution in [1.82, 2.24) is 0 Å². The predicted molar refractivity (Wildman–Crippen MR) is 239 cm³/mol. The molecule has 4 atom stereocenters. The molecule has 0 bridgehead atoms. The van der Waals surface area contributed by atoms with E-state index in [1.807, 2.05) is 0 Å². The van der Waals surface area contributed by atoms with E-state index in [2.05, 4.69) is 182 Å². The molecule has 1 heterocycles. The van der Waals surface area contributed by atoms with Crippen molar-refractivity contribution in [3.05, 3.63) is 72.8 Å². The summed E-state index contributed by atoms with van der Waals surface area (Å²) in [5.41, 5.74) is 7.16. The largest absolute Gasteiger partial charge is 0.414 e. The van der Waals surface area contributed by atoms with Crippen molar-refractivity contribution in [2.45, 2.75) is 187 Å². The Balaban J connectivity index is 1.69. The molecule has 0 aliphatic carbocycles. The van der Waals surface area contributed by atoms with E-state index in [0.29, 0.717) is 22.5 Å². The summed E-state index contributed by atoms with van der Waals surface area (Å²) < 4.78 is 21.1. The molecular formula is C47H78O3Si3. The second kappa shape index (κ2) is 18.9. The van der Waals surface area contributed by atoms with Crippen LogP contribution in [-0.4, -0.2) is 49.6 Å². The van der Waals surface area contributed by atoms with Crippen LogP contribution in [0.4, 0.5) is 0 Å². The molecule has 0 saturated carbocycles. The molecule has 1 saturated heterocycles. The molecule has 3 rings (SSSR count). The van der Waals surface area contributed by atoms with Crippen molar-refractivity contribution in [3.8, 4) is 11.5 Å². The van der Waals surface area contributed by atoms with E-state index >= 15 is 0 Å². The number of ether oxygens (including phenoxy) is 1. The van der Waals surface area contributed by atoms with E-state index in [0.717, 1.165) is 45.1 Å². The Morgan fingerprint density at radius 3 is 1.74 bits per heavy atom. The van der Waals surface area contributed by atoms with E-state index in [1.54, 1.807) is 0 Å². The molecule has 0 N–H and O–H groups in total. The van der Waals surface area contributed by atoms with Crippen molar-refractivity contribution in [2.75, 3.05) is 6.61 Å². The van der Waals surface area contributed by atoms with E-state index in [9.17, 15) is 0 Å². The van der Waals surface area contributed by atoms with Crippen LogP contribution in [-0.2, 0) is 13.6 Å². The van der Waals surface area contributed by atoms with E-state index in [-0.39, 0.29) is 28.4 Å². The minimum atomic E-state index is -2.54. The lowest BCUT2D eigenvalue weighted by molar-refractivity contribution is 0.0307. The lowest BCUT2D eigenvalue weighted by Crippen LogP contribution is -2.66. The topological polar surface area (TPSA) is 27.7 Å². The lowest BCUT2D eigenvalue weighted by atomic mass is 9.97. The summed E-state index contributed by atoms with van der Waals surface area (Å²) in [6.07, 6.45) is 6.25. The highest BCUT2D eigenvalue weighted by molar-refractivity contribution is 6.99. The zero-order valence-corrected chi connectivity index (χ0v) is 39.7. The Labute approximate surface area is 330 Å². The summed E-state index contributed by atoms with van der Waals surface area (Å²) in [4.78, 5) is 0. The zero-order chi connectivity index (χ0) is 39.8. The van der Waals surface area contributed by atoms with Gasteiger partial charge in [0.05, 0.1) is 12.2 Å². The molecule has 0 aromatic heterocycles. The van der Waals surface area contributed by atoms with Crippen molar-refractivity contribution in [2.24, 2.45) is 5.92 Å². The van der Waals surface area contributed by atoms with Gasteiger partial charge in [0.1, 0.15) is 8.07 Å². The van der Waals surface area contributed by atoms with Gasteiger partial charge in [-0.05, 0) is 94.3 Å². The van der Waals surface area contributed by atoms with Gasteiger partial charge in [-0.15, -0.1) is 11.5 Å². The van der Waals surface area contributed by atoms with Gasteiger partial charge in [0.2, 0.25) is 0 Å². The molecule has 0 unspecified atom stereocenters. The summed E-state index contributed by atoms with van der Waals surface area (Å²) in [5, 5.41) is 2.80. The van der Waals surface area contributed by atoms with Crippen LogP contribution >= 0.6 is 0 Å². The standard InChI is InChI=1S/C47H78O3Si3/c1-36(2)52(37(3)4,38(5)6)33-31-39(7)34-42(50-51(15,16)46(9,10)11)29-30-45-40(8)35-41(49-45)24-23-32-48-53(47(12,13)14,43-25-19-17-20-26-43)44-27-21-18-22-28-44/h17-22,25-28,36-39,41-42,45H,8,23-24,29-30,32,34-35H2,1-7,9-16H3/t39-,41-,42+,45-/m0/s1. The fourth-order valence-electron chi connectivity index (χ4n) is 8.83. The first-order valence-corrected chi connectivity index (χ1v) is 27.9. The van der Waals surface area contributed by atoms with Gasteiger partial charge in [-0.2, -0.15) is 0 Å². The fraction of sp³-hybridized carbons (Fsp3) is 0.660. The number of hydrogen-bond donors (Lipinski definition) is 0. The van der Waals surface area contributed by atoms with Gasteiger partial charge in [0.15, 0.2) is 8.32 Å². The molecule has 3 nitrogen and oxygen atoms in total. The van der Waals surface area contributed by atoms with Crippen LogP contribution in [0.2, 0.25) is 39.8 Å². The summed E-state index contributed by atoms with van der Waals surface area (Å²) in [6, 6.07) is 21.9. The fourth-order valence-corrected chi connectivity index (χ4v) is 20.2. The molecule has 2 aromatic rings. The maximum Gasteiger partial charge on any atom is 0.261 e. The highest BCUT2D eigenvalue weighted by Gasteiger charge is 2.50. The van der Waals surface area contributed by atoms with Crippen LogP contribution in [0.3, 0.4) is 0 Å². The Kier molecular flexibility index (Phi) is 16.3. The summed E-state index contributed by atoms with van der Waals surface area (Å²) in [7, 11) is -6.28. The SMILES string of the molecule is C=C1C[C@H](CCCO[Si](c2ccccc2)(c2ccccc2)C(C)(C)C)O[C@H]1CC[C@H](C[C@@H](C)C#C[Si](C(C)C)(C(C)C)C(C)C)O[Si](C)(C)C(C)(C)C. The third kappa shape index (κ3) is 11.2. The number of rotatable bonds is 17. The zero-order valence-electron chi connectivity index (χ0n) is 36.7. The van der Waals surface area contributed by atoms with Crippen molar-refractivity contribution in [1.29, 1.82) is 0 Å². The molecule has 1 fully saturated rings. The molecule has 0 spiro atoms. The molecule has 1 aliphatic heterocycles. The van der Waals surface area contributed by atoms with Crippen molar-refractivity contribution in [3.63, 3.8) is 0 Å². The van der Waals surface area contributed by atoms with Gasteiger partial charge in [-0.1, -0.05) is 157 Å². The van der Waals surface area contributed by atoms with Crippen molar-refractivity contribution >= 4 is 35.1 Å². The Hall–Kier alpha value is -1.73. The average Bonchev–Trinajstić information content (AvgIpc) is 3.41. The first kappa shape index (κ1) is 45.7. The normalized spacial score (nSPS) is 18.8. The summed E-state index contributed by atoms with van der Waals surface area (Å²) in [5.74, 6) is 4.12. The Morgan fingerprint density at radius 2 is 1.28 bits per heavy atom. The third-order valence-corrected chi connectivity index (χ3v) is 28.6. The van der Waals surface area contributed by atoms with Crippen LogP contribution in [0.25, 0.3) is 0 Å². The maximum atomic E-state index is 7.19. The van der Waals surface area contributed by atoms with Crippen LogP contribution in [0.15, 0.2) is 72.8 Å². The van der Waals surface area contributed by atoms with E-state index in [4.69, 9.17) is 13.6 Å². The predicted octanol–water partition coefficient (Wildman–Crippen LogP) is 12.5. The molecular weight excluding hydrogens is 697 g/mol. The van der Waals surface area contributed by atoms with Gasteiger partial charge in [-0.3, -0.25) is 0 Å². The molecule has 2 aromatic carbocycles. The molecule has 6 heteroatoms. The molecule has 0 amide bonds. The van der Waals surface area contributed by atoms with Crippen molar-refractivity contribution < 1.29 is 13.6 Å². The first-order valence-electron chi connectivity index (χ1n) is 20.9. The van der Waals surface area contributed by atoms with Gasteiger partial charge < -0.3 is 13.6 Å². The highest BCUT2D eigenvalue weighted by Crippen LogP contribution is 2.42. The number of hydrogen-bond acceptors (Lipinski definition) is 3. The second-order valence-corrected chi connectivity index (χ2v) is 34.3. The van der Waals surface area contributed by atoms with Crippen LogP contribution in [0, 0.1) is 17.4 Å². The average molecular weight is 775 g/mol. The lowest BCUT2D eigenvalue weighted by Gasteiger charge is -2.43. The quantitative estimate of drug-likeness (QED) is 0.0693. The minimum Gasteiger partial charge on any atom is -0.414 e. The van der Waals surface area contributed by atoms with E-state index in [1.165, 1.54) is 15.9 Å². The summed E-state index contributed by atoms with van der Waals surface area (Å²) >= 11 is 0. The van der Waals surface area contributed by atoms with Crippen LogP contribution in [0.5, 0.6) is 0 Å². The molecule has 1 aliphatic rings. The molecule has 0 radical (unpaired) electrons. The maximum absolute atomic E-state index is 7.19. The minimum absolute atomic E-state index is 0.0204. The smallest absolute Gasteiger partial charge is 0.261 e. The first-order chi connectivity index (χ1) is 24.6. The molecule has 296 valence electrons. The van der Waals surface area contributed by atoms with E-state index < -0.39 is 24.7 Å². The third-order valence-electron chi connectivity index (χ3n) is 12.7. The second-order valence-electron chi connectivity index (χ2n) is 19.6.